The molecular formula is C9H11ClN2O. The zero-order chi connectivity index (χ0) is 9.84. The number of carbonyl (C=O) groups excluding carboxylic acids is 1. The number of halogens is 1. The molecule has 70 valence electrons. The summed E-state index contributed by atoms with van der Waals surface area (Å²) in [6.07, 6.45) is 0. The van der Waals surface area contributed by atoms with Gasteiger partial charge in [-0.1, -0.05) is 18.2 Å². The predicted molar refractivity (Wildman–Crippen MR) is 54.0 cm³/mol. The van der Waals surface area contributed by atoms with Gasteiger partial charge in [0.25, 0.3) is 0 Å². The molecule has 0 aromatic heterocycles. The van der Waals surface area contributed by atoms with Crippen LogP contribution in [0.5, 0.6) is 0 Å². The third-order valence-electron chi connectivity index (χ3n) is 1.84. The first-order chi connectivity index (χ1) is 6.16. The van der Waals surface area contributed by atoms with Gasteiger partial charge in [-0.15, -0.1) is 0 Å². The maximum atomic E-state index is 10.9. The van der Waals surface area contributed by atoms with E-state index in [-0.39, 0.29) is 0 Å². The first-order valence-electron chi connectivity index (χ1n) is 3.88. The second kappa shape index (κ2) is 4.25. The van der Waals surface area contributed by atoms with Gasteiger partial charge in [0.2, 0.25) is 0 Å². The first kappa shape index (κ1) is 10.0. The standard InChI is InChI=1S/C9H11ClN2O/c1-12(9(10)13)8-5-3-2-4-7(8)6-11/h2-5H,6,11H2,1H3. The summed E-state index contributed by atoms with van der Waals surface area (Å²) in [5.41, 5.74) is 7.16. The van der Waals surface area contributed by atoms with Crippen LogP contribution in [0.15, 0.2) is 24.3 Å². The van der Waals surface area contributed by atoms with Crippen LogP contribution in [0.4, 0.5) is 10.5 Å². The van der Waals surface area contributed by atoms with Gasteiger partial charge in [0.15, 0.2) is 0 Å². The number of para-hydroxylation sites is 1. The molecule has 0 radical (unpaired) electrons. The topological polar surface area (TPSA) is 46.3 Å². The van der Waals surface area contributed by atoms with Crippen LogP contribution in [0.3, 0.4) is 0 Å². The van der Waals surface area contributed by atoms with Gasteiger partial charge in [-0.05, 0) is 23.2 Å². The highest BCUT2D eigenvalue weighted by atomic mass is 35.5. The summed E-state index contributed by atoms with van der Waals surface area (Å²) in [5.74, 6) is 0. The molecule has 0 spiro atoms. The van der Waals surface area contributed by atoms with Crippen LogP contribution in [0.25, 0.3) is 0 Å². The van der Waals surface area contributed by atoms with E-state index >= 15 is 0 Å². The maximum absolute atomic E-state index is 10.9. The first-order valence-corrected chi connectivity index (χ1v) is 4.25. The highest BCUT2D eigenvalue weighted by molar-refractivity contribution is 6.66. The fourth-order valence-corrected chi connectivity index (χ4v) is 1.20. The molecule has 0 atom stereocenters. The number of hydrogen-bond acceptors (Lipinski definition) is 2. The minimum Gasteiger partial charge on any atom is -0.326 e. The Morgan fingerprint density at radius 1 is 1.54 bits per heavy atom. The summed E-state index contributed by atoms with van der Waals surface area (Å²) < 4.78 is 0. The SMILES string of the molecule is CN(C(=O)Cl)c1ccccc1CN. The second-order valence-electron chi connectivity index (χ2n) is 2.64. The molecule has 0 aliphatic heterocycles. The minimum atomic E-state index is -0.513. The number of nitrogens with two attached hydrogens (primary N) is 1. The van der Waals surface area contributed by atoms with Crippen molar-refractivity contribution >= 4 is 22.7 Å². The number of anilines is 1. The van der Waals surface area contributed by atoms with Crippen LogP contribution in [-0.2, 0) is 6.54 Å². The van der Waals surface area contributed by atoms with Crippen molar-refractivity contribution in [3.8, 4) is 0 Å². The van der Waals surface area contributed by atoms with E-state index in [4.69, 9.17) is 17.3 Å². The van der Waals surface area contributed by atoms with Gasteiger partial charge in [0.05, 0.1) is 0 Å². The summed E-state index contributed by atoms with van der Waals surface area (Å²) in [4.78, 5) is 12.2. The van der Waals surface area contributed by atoms with E-state index in [1.54, 1.807) is 7.05 Å². The Labute approximate surface area is 82.1 Å². The molecule has 2 N–H and O–H groups in total. The van der Waals surface area contributed by atoms with Crippen LogP contribution < -0.4 is 10.6 Å². The Balaban J connectivity index is 3.05. The molecule has 13 heavy (non-hydrogen) atoms. The van der Waals surface area contributed by atoms with E-state index in [9.17, 15) is 4.79 Å². The van der Waals surface area contributed by atoms with Crippen LogP contribution >= 0.6 is 11.6 Å². The number of nitrogens with zero attached hydrogens (tertiary/aromatic N) is 1. The van der Waals surface area contributed by atoms with Crippen molar-refractivity contribution < 1.29 is 4.79 Å². The van der Waals surface area contributed by atoms with E-state index in [0.29, 0.717) is 6.54 Å². The number of amides is 1. The van der Waals surface area contributed by atoms with Crippen molar-refractivity contribution in [1.82, 2.24) is 0 Å². The van der Waals surface area contributed by atoms with Crippen LogP contribution in [0.2, 0.25) is 0 Å². The molecule has 4 heteroatoms. The molecule has 0 heterocycles. The fraction of sp³-hybridized carbons (Fsp3) is 0.222. The van der Waals surface area contributed by atoms with Crippen molar-refractivity contribution in [3.63, 3.8) is 0 Å². The van der Waals surface area contributed by atoms with Gasteiger partial charge < -0.3 is 10.6 Å². The molecule has 1 amide bonds. The van der Waals surface area contributed by atoms with Gasteiger partial charge in [0.1, 0.15) is 0 Å². The lowest BCUT2D eigenvalue weighted by atomic mass is 10.1. The second-order valence-corrected chi connectivity index (χ2v) is 2.97. The Bertz CT molecular complexity index is 314. The summed E-state index contributed by atoms with van der Waals surface area (Å²) in [5, 5.41) is -0.513. The van der Waals surface area contributed by atoms with Gasteiger partial charge in [-0.2, -0.15) is 0 Å². The normalized spacial score (nSPS) is 9.77. The summed E-state index contributed by atoms with van der Waals surface area (Å²) in [6, 6.07) is 7.39. The maximum Gasteiger partial charge on any atom is 0.320 e. The monoisotopic (exact) mass is 198 g/mol. The van der Waals surface area contributed by atoms with Gasteiger partial charge >= 0.3 is 5.37 Å². The zero-order valence-electron chi connectivity index (χ0n) is 7.33. The fourth-order valence-electron chi connectivity index (χ4n) is 1.11. The van der Waals surface area contributed by atoms with E-state index in [1.165, 1.54) is 4.90 Å². The molecule has 1 aromatic rings. The molecule has 0 fully saturated rings. The minimum absolute atomic E-state index is 0.394. The molecule has 3 nitrogen and oxygen atoms in total. The van der Waals surface area contributed by atoms with Crippen molar-refractivity contribution in [2.45, 2.75) is 6.54 Å². The van der Waals surface area contributed by atoms with Crippen LogP contribution in [0, 0.1) is 0 Å². The third kappa shape index (κ3) is 2.20. The molecule has 0 aliphatic carbocycles. The van der Waals surface area contributed by atoms with E-state index in [1.807, 2.05) is 24.3 Å². The van der Waals surface area contributed by atoms with E-state index < -0.39 is 5.37 Å². The van der Waals surface area contributed by atoms with E-state index in [0.717, 1.165) is 11.3 Å². The summed E-state index contributed by atoms with van der Waals surface area (Å²) in [6.45, 7) is 0.394. The Morgan fingerprint density at radius 2 is 2.15 bits per heavy atom. The molecular weight excluding hydrogens is 188 g/mol. The largest absolute Gasteiger partial charge is 0.326 e. The average molecular weight is 199 g/mol. The van der Waals surface area contributed by atoms with Crippen molar-refractivity contribution in [2.75, 3.05) is 11.9 Å². The van der Waals surface area contributed by atoms with Crippen molar-refractivity contribution in [1.29, 1.82) is 0 Å². The Kier molecular flexibility index (Phi) is 3.28. The number of carbonyl (C=O) groups is 1. The lowest BCUT2D eigenvalue weighted by Crippen LogP contribution is -2.21. The summed E-state index contributed by atoms with van der Waals surface area (Å²) >= 11 is 5.34. The Morgan fingerprint density at radius 3 is 2.69 bits per heavy atom. The molecule has 0 aliphatic rings. The van der Waals surface area contributed by atoms with Crippen LogP contribution in [0.1, 0.15) is 5.56 Å². The smallest absolute Gasteiger partial charge is 0.320 e. The zero-order valence-corrected chi connectivity index (χ0v) is 8.08. The average Bonchev–Trinajstić information content (AvgIpc) is 2.16. The van der Waals surface area contributed by atoms with Crippen molar-refractivity contribution in [2.24, 2.45) is 5.73 Å². The van der Waals surface area contributed by atoms with E-state index in [2.05, 4.69) is 0 Å². The van der Waals surface area contributed by atoms with Crippen molar-refractivity contribution in [3.05, 3.63) is 29.8 Å². The molecule has 0 saturated heterocycles. The Hall–Kier alpha value is -1.06. The quantitative estimate of drug-likeness (QED) is 0.583. The third-order valence-corrected chi connectivity index (χ3v) is 2.09. The highest BCUT2D eigenvalue weighted by Gasteiger charge is 2.10. The lowest BCUT2D eigenvalue weighted by molar-refractivity contribution is 0.265. The lowest BCUT2D eigenvalue weighted by Gasteiger charge is -2.16. The molecule has 0 bridgehead atoms. The molecule has 1 aromatic carbocycles. The van der Waals surface area contributed by atoms with Gasteiger partial charge in [-0.3, -0.25) is 4.79 Å². The summed E-state index contributed by atoms with van der Waals surface area (Å²) in [7, 11) is 1.61. The predicted octanol–water partition coefficient (Wildman–Crippen LogP) is 1.94. The number of hydrogen-bond donors (Lipinski definition) is 1. The molecule has 0 saturated carbocycles. The van der Waals surface area contributed by atoms with Gasteiger partial charge in [-0.25, -0.2) is 0 Å². The van der Waals surface area contributed by atoms with Gasteiger partial charge in [0, 0.05) is 19.3 Å². The van der Waals surface area contributed by atoms with Crippen LogP contribution in [-0.4, -0.2) is 12.4 Å². The molecule has 0 unspecified atom stereocenters. The number of rotatable bonds is 2. The highest BCUT2D eigenvalue weighted by Crippen LogP contribution is 2.19. The molecule has 1 rings (SSSR count). The number of benzene rings is 1.